The number of nitrogens with two attached hydrogens (primary N) is 1. The lowest BCUT2D eigenvalue weighted by Crippen LogP contribution is -2.49. The van der Waals surface area contributed by atoms with E-state index in [-0.39, 0.29) is 29.5 Å². The zero-order valence-electron chi connectivity index (χ0n) is 17.8. The maximum absolute atomic E-state index is 15.7. The molecular formula is C22H29F3N4O2. The van der Waals surface area contributed by atoms with E-state index in [2.05, 4.69) is 4.98 Å². The van der Waals surface area contributed by atoms with Gasteiger partial charge in [0.25, 0.3) is 11.5 Å². The minimum atomic E-state index is -2.91. The van der Waals surface area contributed by atoms with Crippen LogP contribution < -0.4 is 17.0 Å². The average Bonchev–Trinajstić information content (AvgIpc) is 3.46. The Balaban J connectivity index is 1.56. The molecule has 0 bridgehead atoms. The molecular weight excluding hydrogens is 409 g/mol. The fraction of sp³-hybridized carbons (Fsp3) is 0.727. The van der Waals surface area contributed by atoms with E-state index in [0.717, 1.165) is 12.8 Å². The summed E-state index contributed by atoms with van der Waals surface area (Å²) in [6, 6.07) is -1.91. The van der Waals surface area contributed by atoms with E-state index in [9.17, 15) is 18.4 Å². The Morgan fingerprint density at radius 2 is 1.87 bits per heavy atom. The van der Waals surface area contributed by atoms with Crippen LogP contribution in [0.15, 0.2) is 15.4 Å². The molecule has 6 nitrogen and oxygen atoms in total. The highest BCUT2D eigenvalue weighted by Gasteiger charge is 2.52. The fourth-order valence-corrected chi connectivity index (χ4v) is 6.21. The molecule has 0 spiro atoms. The van der Waals surface area contributed by atoms with Gasteiger partial charge in [-0.05, 0) is 50.0 Å². The standard InChI is InChI=1S/C22H29F3N4O2/c1-10-15-17(29(13-5-6-13)21(31)27-20(15)30)11(2)18(16(10)23)28-8-12-4-3-7-22(24,25)19(26)14(12)9-28/h11-14,18-19H,3-9,26H2,1-2H3,(H,27,30,31). The molecule has 0 radical (unpaired) electrons. The minimum Gasteiger partial charge on any atom is -0.322 e. The highest BCUT2D eigenvalue weighted by atomic mass is 19.3. The topological polar surface area (TPSA) is 84.1 Å². The third-order valence-corrected chi connectivity index (χ3v) is 7.94. The summed E-state index contributed by atoms with van der Waals surface area (Å²) in [7, 11) is 0. The van der Waals surface area contributed by atoms with Gasteiger partial charge in [0.15, 0.2) is 0 Å². The number of allylic oxidation sites excluding steroid dienone is 1. The molecule has 170 valence electrons. The molecule has 1 saturated heterocycles. The van der Waals surface area contributed by atoms with Gasteiger partial charge in [-0.2, -0.15) is 0 Å². The van der Waals surface area contributed by atoms with Gasteiger partial charge in [-0.1, -0.05) is 6.92 Å². The Kier molecular flexibility index (Phi) is 4.79. The monoisotopic (exact) mass is 438 g/mol. The summed E-state index contributed by atoms with van der Waals surface area (Å²) in [5, 5.41) is 0. The summed E-state index contributed by atoms with van der Waals surface area (Å²) >= 11 is 0. The van der Waals surface area contributed by atoms with Crippen LogP contribution >= 0.6 is 0 Å². The molecule has 5 rings (SSSR count). The number of nitrogens with zero attached hydrogens (tertiary/aromatic N) is 2. The van der Waals surface area contributed by atoms with E-state index in [1.54, 1.807) is 11.5 Å². The Hall–Kier alpha value is -1.87. The predicted molar refractivity (Wildman–Crippen MR) is 111 cm³/mol. The third-order valence-electron chi connectivity index (χ3n) is 7.94. The van der Waals surface area contributed by atoms with E-state index >= 15 is 4.39 Å². The zero-order valence-corrected chi connectivity index (χ0v) is 17.8. The number of fused-ring (bicyclic) bond motifs is 2. The minimum absolute atomic E-state index is 0.00474. The van der Waals surface area contributed by atoms with Crippen LogP contribution in [-0.2, 0) is 0 Å². The number of hydrogen-bond donors (Lipinski definition) is 2. The van der Waals surface area contributed by atoms with Crippen molar-refractivity contribution < 1.29 is 13.2 Å². The summed E-state index contributed by atoms with van der Waals surface area (Å²) < 4.78 is 46.1. The number of hydrogen-bond acceptors (Lipinski definition) is 4. The molecule has 5 unspecified atom stereocenters. The van der Waals surface area contributed by atoms with Gasteiger partial charge < -0.3 is 5.73 Å². The van der Waals surface area contributed by atoms with Crippen molar-refractivity contribution in [1.82, 2.24) is 14.5 Å². The average molecular weight is 438 g/mol. The largest absolute Gasteiger partial charge is 0.328 e. The van der Waals surface area contributed by atoms with Crippen molar-refractivity contribution in [2.24, 2.45) is 17.6 Å². The van der Waals surface area contributed by atoms with E-state index in [1.807, 2.05) is 11.8 Å². The number of alkyl halides is 2. The highest BCUT2D eigenvalue weighted by Crippen LogP contribution is 2.47. The first-order valence-electron chi connectivity index (χ1n) is 11.2. The molecule has 9 heteroatoms. The van der Waals surface area contributed by atoms with Crippen molar-refractivity contribution in [1.29, 1.82) is 0 Å². The number of likely N-dealkylation sites (tertiary alicyclic amines) is 1. The number of nitrogens with one attached hydrogen (secondary N) is 1. The van der Waals surface area contributed by atoms with Gasteiger partial charge >= 0.3 is 5.69 Å². The Labute approximate surface area is 178 Å². The molecule has 2 heterocycles. The summed E-state index contributed by atoms with van der Waals surface area (Å²) in [5.41, 5.74) is 6.02. The maximum atomic E-state index is 15.7. The number of aromatic amines is 1. The van der Waals surface area contributed by atoms with Gasteiger partial charge in [-0.25, -0.2) is 18.0 Å². The lowest BCUT2D eigenvalue weighted by atomic mass is 9.83. The molecule has 1 aromatic rings. The van der Waals surface area contributed by atoms with Crippen molar-refractivity contribution in [3.05, 3.63) is 37.9 Å². The second-order valence-corrected chi connectivity index (χ2v) is 9.88. The molecule has 4 aliphatic rings. The Morgan fingerprint density at radius 1 is 1.16 bits per heavy atom. The van der Waals surface area contributed by atoms with Gasteiger partial charge in [-0.3, -0.25) is 19.2 Å². The van der Waals surface area contributed by atoms with Crippen molar-refractivity contribution in [2.45, 2.75) is 75.9 Å². The van der Waals surface area contributed by atoms with Crippen LogP contribution in [0, 0.1) is 11.8 Å². The van der Waals surface area contributed by atoms with Crippen LogP contribution in [0.25, 0.3) is 5.57 Å². The fourth-order valence-electron chi connectivity index (χ4n) is 6.21. The smallest absolute Gasteiger partial charge is 0.322 e. The second kappa shape index (κ2) is 7.07. The first-order valence-corrected chi connectivity index (χ1v) is 11.2. The lowest BCUT2D eigenvalue weighted by molar-refractivity contribution is -0.0457. The molecule has 3 fully saturated rings. The summed E-state index contributed by atoms with van der Waals surface area (Å²) in [6.45, 7) is 4.19. The SMILES string of the molecule is CC1=C(F)C(N2CC3CCCC(F)(F)C(N)C3C2)C(C)c2c1c(=O)[nH]c(=O)n2C1CC1. The molecule has 31 heavy (non-hydrogen) atoms. The number of rotatable bonds is 2. The zero-order chi connectivity index (χ0) is 22.2. The Bertz CT molecular complexity index is 1060. The van der Waals surface area contributed by atoms with E-state index in [0.29, 0.717) is 31.6 Å². The maximum Gasteiger partial charge on any atom is 0.328 e. The highest BCUT2D eigenvalue weighted by molar-refractivity contribution is 5.71. The van der Waals surface area contributed by atoms with Crippen molar-refractivity contribution in [2.75, 3.05) is 13.1 Å². The van der Waals surface area contributed by atoms with Crippen molar-refractivity contribution in [3.8, 4) is 0 Å². The number of aromatic nitrogens is 2. The van der Waals surface area contributed by atoms with Gasteiger partial charge in [0.05, 0.1) is 17.6 Å². The van der Waals surface area contributed by atoms with Crippen molar-refractivity contribution >= 4 is 5.57 Å². The lowest BCUT2D eigenvalue weighted by Gasteiger charge is -2.38. The predicted octanol–water partition coefficient (Wildman–Crippen LogP) is 2.75. The van der Waals surface area contributed by atoms with E-state index < -0.39 is 46.9 Å². The van der Waals surface area contributed by atoms with Gasteiger partial charge in [-0.15, -0.1) is 0 Å². The second-order valence-electron chi connectivity index (χ2n) is 9.88. The summed E-state index contributed by atoms with van der Waals surface area (Å²) in [5.74, 6) is -4.18. The van der Waals surface area contributed by atoms with Crippen LogP contribution in [0.1, 0.15) is 69.2 Å². The quantitative estimate of drug-likeness (QED) is 0.744. The van der Waals surface area contributed by atoms with E-state index in [4.69, 9.17) is 5.73 Å². The van der Waals surface area contributed by atoms with Crippen LogP contribution in [0.5, 0.6) is 0 Å². The van der Waals surface area contributed by atoms with Gasteiger partial charge in [0.1, 0.15) is 5.83 Å². The summed E-state index contributed by atoms with van der Waals surface area (Å²) in [6.07, 6.45) is 2.56. The summed E-state index contributed by atoms with van der Waals surface area (Å²) in [4.78, 5) is 29.4. The van der Waals surface area contributed by atoms with Gasteiger partial charge in [0, 0.05) is 37.2 Å². The molecule has 3 N–H and O–H groups in total. The molecule has 2 saturated carbocycles. The van der Waals surface area contributed by atoms with E-state index in [1.165, 1.54) is 0 Å². The van der Waals surface area contributed by atoms with Crippen LogP contribution in [0.2, 0.25) is 0 Å². The molecule has 5 atom stereocenters. The first-order chi connectivity index (χ1) is 14.6. The van der Waals surface area contributed by atoms with Crippen LogP contribution in [0.3, 0.4) is 0 Å². The third kappa shape index (κ3) is 3.15. The molecule has 1 aliphatic heterocycles. The normalized spacial score (nSPS) is 35.6. The van der Waals surface area contributed by atoms with Crippen LogP contribution in [-0.4, -0.2) is 45.5 Å². The number of H-pyrrole nitrogens is 1. The molecule has 0 aromatic carbocycles. The molecule has 3 aliphatic carbocycles. The van der Waals surface area contributed by atoms with Crippen LogP contribution in [0.4, 0.5) is 13.2 Å². The first kappa shape index (κ1) is 21.0. The van der Waals surface area contributed by atoms with Gasteiger partial charge in [0.2, 0.25) is 0 Å². The molecule has 1 aromatic heterocycles. The number of halogens is 3. The van der Waals surface area contributed by atoms with Crippen molar-refractivity contribution in [3.63, 3.8) is 0 Å². The Morgan fingerprint density at radius 3 is 2.55 bits per heavy atom. The molecule has 0 amide bonds.